The summed E-state index contributed by atoms with van der Waals surface area (Å²) in [5.74, 6) is 0.745. The quantitative estimate of drug-likeness (QED) is 0.832. The first-order valence-electron chi connectivity index (χ1n) is 7.28. The van der Waals surface area contributed by atoms with Gasteiger partial charge in [0.1, 0.15) is 0 Å². The molecule has 2 nitrogen and oxygen atoms in total. The molecule has 1 N–H and O–H groups in total. The molecule has 102 valence electrons. The maximum atomic E-state index is 4.57. The van der Waals surface area contributed by atoms with Crippen molar-refractivity contribution in [3.05, 3.63) is 42.1 Å². The van der Waals surface area contributed by atoms with Crippen LogP contribution >= 0.6 is 0 Å². The summed E-state index contributed by atoms with van der Waals surface area (Å²) in [4.78, 5) is 4.57. The summed E-state index contributed by atoms with van der Waals surface area (Å²) in [5.41, 5.74) is 2.38. The molecule has 1 aromatic carbocycles. The second kappa shape index (κ2) is 6.67. The SMILES string of the molecule is CCNC(CCC(C)C)c1cnc2ccccc2c1. The lowest BCUT2D eigenvalue weighted by molar-refractivity contribution is 0.448. The molecule has 0 spiro atoms. The van der Waals surface area contributed by atoms with Crippen LogP contribution in [0.5, 0.6) is 0 Å². The van der Waals surface area contributed by atoms with E-state index in [1.807, 2.05) is 12.3 Å². The summed E-state index contributed by atoms with van der Waals surface area (Å²) in [6, 6.07) is 11.0. The Morgan fingerprint density at radius 3 is 2.68 bits per heavy atom. The minimum atomic E-state index is 0.421. The normalized spacial score (nSPS) is 13.1. The number of benzene rings is 1. The van der Waals surface area contributed by atoms with Gasteiger partial charge in [-0.1, -0.05) is 39.0 Å². The van der Waals surface area contributed by atoms with E-state index in [4.69, 9.17) is 0 Å². The molecule has 0 aliphatic rings. The number of para-hydroxylation sites is 1. The van der Waals surface area contributed by atoms with Crippen LogP contribution in [0.1, 0.15) is 45.2 Å². The number of rotatable bonds is 6. The summed E-state index contributed by atoms with van der Waals surface area (Å²) >= 11 is 0. The maximum absolute atomic E-state index is 4.57. The molecule has 0 fully saturated rings. The predicted octanol–water partition coefficient (Wildman–Crippen LogP) is 4.32. The van der Waals surface area contributed by atoms with Gasteiger partial charge < -0.3 is 5.32 Å². The lowest BCUT2D eigenvalue weighted by Crippen LogP contribution is -2.21. The topological polar surface area (TPSA) is 24.9 Å². The molecule has 2 rings (SSSR count). The van der Waals surface area contributed by atoms with Crippen molar-refractivity contribution in [3.8, 4) is 0 Å². The molecular weight excluding hydrogens is 232 g/mol. The summed E-state index contributed by atoms with van der Waals surface area (Å²) in [7, 11) is 0. The third-order valence-corrected chi connectivity index (χ3v) is 3.50. The van der Waals surface area contributed by atoms with Crippen LogP contribution in [-0.4, -0.2) is 11.5 Å². The second-order valence-corrected chi connectivity index (χ2v) is 5.54. The van der Waals surface area contributed by atoms with Crippen molar-refractivity contribution in [2.75, 3.05) is 6.54 Å². The van der Waals surface area contributed by atoms with Gasteiger partial charge in [0.25, 0.3) is 0 Å². The van der Waals surface area contributed by atoms with Crippen molar-refractivity contribution in [2.45, 2.75) is 39.7 Å². The Morgan fingerprint density at radius 2 is 1.95 bits per heavy atom. The largest absolute Gasteiger partial charge is 0.310 e. The van der Waals surface area contributed by atoms with Crippen LogP contribution in [0.15, 0.2) is 36.5 Å². The van der Waals surface area contributed by atoms with E-state index in [0.717, 1.165) is 18.0 Å². The van der Waals surface area contributed by atoms with Crippen molar-refractivity contribution in [1.29, 1.82) is 0 Å². The van der Waals surface area contributed by atoms with E-state index in [-0.39, 0.29) is 0 Å². The molecular formula is C17H24N2. The van der Waals surface area contributed by atoms with Gasteiger partial charge in [-0.25, -0.2) is 0 Å². The van der Waals surface area contributed by atoms with Crippen molar-refractivity contribution < 1.29 is 0 Å². The van der Waals surface area contributed by atoms with Crippen LogP contribution < -0.4 is 5.32 Å². The lowest BCUT2D eigenvalue weighted by Gasteiger charge is -2.19. The first-order valence-corrected chi connectivity index (χ1v) is 7.28. The zero-order valence-electron chi connectivity index (χ0n) is 12.2. The highest BCUT2D eigenvalue weighted by atomic mass is 14.9. The summed E-state index contributed by atoms with van der Waals surface area (Å²) < 4.78 is 0. The highest BCUT2D eigenvalue weighted by molar-refractivity contribution is 5.78. The Labute approximate surface area is 116 Å². The number of nitrogens with one attached hydrogen (secondary N) is 1. The summed E-state index contributed by atoms with van der Waals surface area (Å²) in [5, 5.41) is 4.81. The van der Waals surface area contributed by atoms with Crippen molar-refractivity contribution in [1.82, 2.24) is 10.3 Å². The molecule has 2 aromatic rings. The monoisotopic (exact) mass is 256 g/mol. The minimum Gasteiger partial charge on any atom is -0.310 e. The maximum Gasteiger partial charge on any atom is 0.0702 e. The van der Waals surface area contributed by atoms with Crippen molar-refractivity contribution in [2.24, 2.45) is 5.92 Å². The summed E-state index contributed by atoms with van der Waals surface area (Å²) in [6.45, 7) is 7.72. The minimum absolute atomic E-state index is 0.421. The van der Waals surface area contributed by atoms with Crippen molar-refractivity contribution in [3.63, 3.8) is 0 Å². The van der Waals surface area contributed by atoms with Gasteiger partial charge >= 0.3 is 0 Å². The van der Waals surface area contributed by atoms with Crippen LogP contribution in [0.2, 0.25) is 0 Å². The van der Waals surface area contributed by atoms with E-state index < -0.39 is 0 Å². The fourth-order valence-corrected chi connectivity index (χ4v) is 2.41. The van der Waals surface area contributed by atoms with E-state index in [9.17, 15) is 0 Å². The molecule has 0 aliphatic heterocycles. The Morgan fingerprint density at radius 1 is 1.16 bits per heavy atom. The number of fused-ring (bicyclic) bond motifs is 1. The molecule has 2 heteroatoms. The molecule has 1 aromatic heterocycles. The molecule has 1 unspecified atom stereocenters. The molecule has 0 saturated heterocycles. The first kappa shape index (κ1) is 14.0. The van der Waals surface area contributed by atoms with Gasteiger partial charge in [-0.15, -0.1) is 0 Å². The molecule has 0 saturated carbocycles. The molecule has 0 amide bonds. The van der Waals surface area contributed by atoms with Crippen LogP contribution in [-0.2, 0) is 0 Å². The molecule has 1 atom stereocenters. The summed E-state index contributed by atoms with van der Waals surface area (Å²) in [6.07, 6.45) is 4.44. The van der Waals surface area contributed by atoms with Gasteiger partial charge in [-0.2, -0.15) is 0 Å². The van der Waals surface area contributed by atoms with Gasteiger partial charge in [0, 0.05) is 17.6 Å². The third-order valence-electron chi connectivity index (χ3n) is 3.50. The highest BCUT2D eigenvalue weighted by Crippen LogP contribution is 2.23. The van der Waals surface area contributed by atoms with E-state index in [1.165, 1.54) is 23.8 Å². The average Bonchev–Trinajstić information content (AvgIpc) is 2.42. The van der Waals surface area contributed by atoms with Gasteiger partial charge in [0.15, 0.2) is 0 Å². The van der Waals surface area contributed by atoms with E-state index in [2.05, 4.69) is 55.3 Å². The zero-order valence-corrected chi connectivity index (χ0v) is 12.2. The highest BCUT2D eigenvalue weighted by Gasteiger charge is 2.12. The number of nitrogens with zero attached hydrogens (tertiary/aromatic N) is 1. The average molecular weight is 256 g/mol. The van der Waals surface area contributed by atoms with Gasteiger partial charge in [0.05, 0.1) is 5.52 Å². The van der Waals surface area contributed by atoms with Crippen LogP contribution in [0.25, 0.3) is 10.9 Å². The standard InChI is InChI=1S/C17H24N2/c1-4-18-17(10-9-13(2)3)15-11-14-7-5-6-8-16(14)19-12-15/h5-8,11-13,17-18H,4,9-10H2,1-3H3. The molecule has 1 heterocycles. The molecule has 19 heavy (non-hydrogen) atoms. The Kier molecular flexibility index (Phi) is 4.92. The van der Waals surface area contributed by atoms with Crippen molar-refractivity contribution >= 4 is 10.9 Å². The second-order valence-electron chi connectivity index (χ2n) is 5.54. The Hall–Kier alpha value is -1.41. The molecule has 0 aliphatic carbocycles. The van der Waals surface area contributed by atoms with Gasteiger partial charge in [-0.3, -0.25) is 4.98 Å². The Bertz CT molecular complexity index is 519. The Balaban J connectivity index is 2.22. The number of pyridine rings is 1. The van der Waals surface area contributed by atoms with E-state index >= 15 is 0 Å². The fraction of sp³-hybridized carbons (Fsp3) is 0.471. The van der Waals surface area contributed by atoms with Gasteiger partial charge in [-0.05, 0) is 43.0 Å². The number of hydrogen-bond acceptors (Lipinski definition) is 2. The fourth-order valence-electron chi connectivity index (χ4n) is 2.41. The van der Waals surface area contributed by atoms with E-state index in [1.54, 1.807) is 0 Å². The van der Waals surface area contributed by atoms with Crippen LogP contribution in [0, 0.1) is 5.92 Å². The molecule has 0 bridgehead atoms. The zero-order chi connectivity index (χ0) is 13.7. The van der Waals surface area contributed by atoms with Crippen LogP contribution in [0.3, 0.4) is 0 Å². The van der Waals surface area contributed by atoms with Gasteiger partial charge in [0.2, 0.25) is 0 Å². The molecule has 0 radical (unpaired) electrons. The van der Waals surface area contributed by atoms with Crippen LogP contribution in [0.4, 0.5) is 0 Å². The third kappa shape index (κ3) is 3.77. The van der Waals surface area contributed by atoms with E-state index in [0.29, 0.717) is 6.04 Å². The number of aromatic nitrogens is 1. The lowest BCUT2D eigenvalue weighted by atomic mass is 9.98. The first-order chi connectivity index (χ1) is 9.20. The predicted molar refractivity (Wildman–Crippen MR) is 82.2 cm³/mol. The number of hydrogen-bond donors (Lipinski definition) is 1. The smallest absolute Gasteiger partial charge is 0.0702 e.